The number of hydrogen-bond donors (Lipinski definition) is 2. The molecular formula is C18H19Br2N3O2. The minimum atomic E-state index is -0.227. The lowest BCUT2D eigenvalue weighted by Gasteiger charge is -2.09. The molecule has 2 aromatic carbocycles. The second-order valence-corrected chi connectivity index (χ2v) is 6.92. The Balaban J connectivity index is 1.82. The van der Waals surface area contributed by atoms with Gasteiger partial charge in [-0.3, -0.25) is 4.79 Å². The molecule has 0 unspecified atom stereocenters. The summed E-state index contributed by atoms with van der Waals surface area (Å²) < 4.78 is 7.31. The predicted molar refractivity (Wildman–Crippen MR) is 108 cm³/mol. The van der Waals surface area contributed by atoms with Crippen LogP contribution in [0.3, 0.4) is 0 Å². The molecule has 1 amide bonds. The largest absolute Gasteiger partial charge is 0.494 e. The normalized spacial score (nSPS) is 10.7. The minimum Gasteiger partial charge on any atom is -0.494 e. The van der Waals surface area contributed by atoms with E-state index in [0.29, 0.717) is 6.61 Å². The Hall–Kier alpha value is -1.86. The number of nitrogens with zero attached hydrogens (tertiary/aromatic N) is 1. The zero-order valence-corrected chi connectivity index (χ0v) is 17.1. The highest BCUT2D eigenvalue weighted by atomic mass is 79.9. The molecular weight excluding hydrogens is 450 g/mol. The van der Waals surface area contributed by atoms with Gasteiger partial charge in [0.15, 0.2) is 0 Å². The van der Waals surface area contributed by atoms with Crippen molar-refractivity contribution in [3.63, 3.8) is 0 Å². The molecule has 0 saturated heterocycles. The van der Waals surface area contributed by atoms with Gasteiger partial charge in [-0.15, -0.1) is 0 Å². The summed E-state index contributed by atoms with van der Waals surface area (Å²) in [4.78, 5) is 11.9. The monoisotopic (exact) mass is 467 g/mol. The van der Waals surface area contributed by atoms with Crippen LogP contribution in [-0.4, -0.2) is 25.3 Å². The molecule has 2 N–H and O–H groups in total. The Labute approximate surface area is 164 Å². The van der Waals surface area contributed by atoms with E-state index in [2.05, 4.69) is 47.7 Å². The molecule has 0 aliphatic heterocycles. The van der Waals surface area contributed by atoms with E-state index in [-0.39, 0.29) is 12.5 Å². The fraction of sp³-hybridized carbons (Fsp3) is 0.222. The number of halogens is 2. The van der Waals surface area contributed by atoms with Crippen molar-refractivity contribution in [3.05, 3.63) is 56.5 Å². The number of carbonyl (C=O) groups is 1. The van der Waals surface area contributed by atoms with Gasteiger partial charge in [-0.05, 0) is 61.4 Å². The zero-order valence-electron chi connectivity index (χ0n) is 14.0. The first kappa shape index (κ1) is 19.5. The Morgan fingerprint density at radius 1 is 1.20 bits per heavy atom. The standard InChI is InChI=1S/C18H19Br2N3O2/c1-3-25-15-6-4-13(5-7-15)10-22-23-18(24)11-21-14-8-16(19)12(2)17(20)9-14/h4-10,21H,3,11H2,1-2H3,(H,23,24)/b22-10-. The molecule has 2 aromatic rings. The molecule has 0 bridgehead atoms. The summed E-state index contributed by atoms with van der Waals surface area (Å²) in [5.74, 6) is 0.582. The van der Waals surface area contributed by atoms with Gasteiger partial charge in [-0.25, -0.2) is 5.43 Å². The summed E-state index contributed by atoms with van der Waals surface area (Å²) in [5.41, 5.74) is 5.32. The third-order valence-electron chi connectivity index (χ3n) is 3.33. The number of carbonyl (C=O) groups excluding carboxylic acids is 1. The molecule has 132 valence electrons. The highest BCUT2D eigenvalue weighted by Crippen LogP contribution is 2.28. The average Bonchev–Trinajstić information content (AvgIpc) is 2.59. The van der Waals surface area contributed by atoms with Crippen LogP contribution < -0.4 is 15.5 Å². The first-order chi connectivity index (χ1) is 12.0. The van der Waals surface area contributed by atoms with Gasteiger partial charge < -0.3 is 10.1 Å². The smallest absolute Gasteiger partial charge is 0.259 e. The van der Waals surface area contributed by atoms with Crippen LogP contribution in [0.25, 0.3) is 0 Å². The molecule has 0 aromatic heterocycles. The van der Waals surface area contributed by atoms with Crippen LogP contribution in [0.2, 0.25) is 0 Å². The van der Waals surface area contributed by atoms with E-state index in [1.54, 1.807) is 6.21 Å². The van der Waals surface area contributed by atoms with E-state index in [9.17, 15) is 4.79 Å². The quantitative estimate of drug-likeness (QED) is 0.465. The van der Waals surface area contributed by atoms with Crippen LogP contribution in [0.15, 0.2) is 50.4 Å². The molecule has 0 spiro atoms. The van der Waals surface area contributed by atoms with Gasteiger partial charge in [0.25, 0.3) is 5.91 Å². The molecule has 0 aliphatic carbocycles. The SMILES string of the molecule is CCOc1ccc(/C=N\NC(=O)CNc2cc(Br)c(C)c(Br)c2)cc1. The van der Waals surface area contributed by atoms with Crippen molar-refractivity contribution < 1.29 is 9.53 Å². The average molecular weight is 469 g/mol. The molecule has 7 heteroatoms. The van der Waals surface area contributed by atoms with E-state index in [4.69, 9.17) is 4.74 Å². The van der Waals surface area contributed by atoms with Crippen molar-refractivity contribution in [2.24, 2.45) is 5.10 Å². The summed E-state index contributed by atoms with van der Waals surface area (Å²) in [6.07, 6.45) is 1.59. The third-order valence-corrected chi connectivity index (χ3v) is 4.98. The van der Waals surface area contributed by atoms with Gasteiger partial charge in [0.05, 0.1) is 19.4 Å². The lowest BCUT2D eigenvalue weighted by molar-refractivity contribution is -0.119. The fourth-order valence-corrected chi connectivity index (χ4v) is 3.15. The van der Waals surface area contributed by atoms with Crippen LogP contribution in [0.1, 0.15) is 18.1 Å². The van der Waals surface area contributed by atoms with Gasteiger partial charge in [0.1, 0.15) is 5.75 Å². The summed E-state index contributed by atoms with van der Waals surface area (Å²) in [7, 11) is 0. The van der Waals surface area contributed by atoms with Gasteiger partial charge in [-0.1, -0.05) is 31.9 Å². The molecule has 0 fully saturated rings. The van der Waals surface area contributed by atoms with E-state index in [1.807, 2.05) is 50.2 Å². The lowest BCUT2D eigenvalue weighted by Crippen LogP contribution is -2.25. The molecule has 0 atom stereocenters. The van der Waals surface area contributed by atoms with Crippen LogP contribution in [-0.2, 0) is 4.79 Å². The maximum atomic E-state index is 11.9. The highest BCUT2D eigenvalue weighted by molar-refractivity contribution is 9.11. The summed E-state index contributed by atoms with van der Waals surface area (Å²) in [6, 6.07) is 11.3. The van der Waals surface area contributed by atoms with Crippen molar-refractivity contribution in [2.75, 3.05) is 18.5 Å². The van der Waals surface area contributed by atoms with Crippen molar-refractivity contribution >= 4 is 49.7 Å². The second kappa shape index (κ2) is 9.58. The highest BCUT2D eigenvalue weighted by Gasteiger charge is 2.05. The Bertz CT molecular complexity index is 738. The van der Waals surface area contributed by atoms with Crippen molar-refractivity contribution in [3.8, 4) is 5.75 Å². The van der Waals surface area contributed by atoms with Gasteiger partial charge >= 0.3 is 0 Å². The predicted octanol–water partition coefficient (Wildman–Crippen LogP) is 4.48. The number of rotatable bonds is 7. The maximum Gasteiger partial charge on any atom is 0.259 e. The van der Waals surface area contributed by atoms with Crippen LogP contribution in [0.5, 0.6) is 5.75 Å². The third kappa shape index (κ3) is 6.17. The van der Waals surface area contributed by atoms with Gasteiger partial charge in [-0.2, -0.15) is 5.10 Å². The molecule has 0 heterocycles. The number of hydrazone groups is 1. The number of amides is 1. The van der Waals surface area contributed by atoms with Gasteiger partial charge in [0.2, 0.25) is 0 Å². The number of hydrogen-bond acceptors (Lipinski definition) is 4. The Morgan fingerprint density at radius 2 is 1.84 bits per heavy atom. The van der Waals surface area contributed by atoms with Crippen LogP contribution >= 0.6 is 31.9 Å². The number of benzene rings is 2. The molecule has 0 saturated carbocycles. The molecule has 0 radical (unpaired) electrons. The van der Waals surface area contributed by atoms with Crippen LogP contribution in [0.4, 0.5) is 5.69 Å². The van der Waals surface area contributed by atoms with E-state index < -0.39 is 0 Å². The van der Waals surface area contributed by atoms with Crippen molar-refractivity contribution in [1.82, 2.24) is 5.43 Å². The maximum absolute atomic E-state index is 11.9. The number of ether oxygens (including phenoxy) is 1. The molecule has 0 aliphatic rings. The summed E-state index contributed by atoms with van der Waals surface area (Å²) in [6.45, 7) is 4.69. The molecule has 5 nitrogen and oxygen atoms in total. The molecule has 25 heavy (non-hydrogen) atoms. The number of nitrogens with one attached hydrogen (secondary N) is 2. The number of anilines is 1. The Morgan fingerprint density at radius 3 is 2.44 bits per heavy atom. The van der Waals surface area contributed by atoms with Crippen molar-refractivity contribution in [1.29, 1.82) is 0 Å². The fourth-order valence-electron chi connectivity index (χ4n) is 1.96. The topological polar surface area (TPSA) is 62.7 Å². The first-order valence-corrected chi connectivity index (χ1v) is 9.32. The minimum absolute atomic E-state index is 0.128. The van der Waals surface area contributed by atoms with Crippen LogP contribution in [0, 0.1) is 6.92 Å². The van der Waals surface area contributed by atoms with Crippen molar-refractivity contribution in [2.45, 2.75) is 13.8 Å². The van der Waals surface area contributed by atoms with E-state index in [1.165, 1.54) is 0 Å². The first-order valence-electron chi connectivity index (χ1n) is 7.74. The lowest BCUT2D eigenvalue weighted by atomic mass is 10.2. The Kier molecular flexibility index (Phi) is 7.46. The summed E-state index contributed by atoms with van der Waals surface area (Å²) in [5, 5.41) is 7.02. The molecule has 2 rings (SSSR count). The second-order valence-electron chi connectivity index (χ2n) is 5.21. The van der Waals surface area contributed by atoms with E-state index >= 15 is 0 Å². The summed E-state index contributed by atoms with van der Waals surface area (Å²) >= 11 is 6.97. The zero-order chi connectivity index (χ0) is 18.2. The van der Waals surface area contributed by atoms with Gasteiger partial charge in [0, 0.05) is 14.6 Å². The van der Waals surface area contributed by atoms with E-state index in [0.717, 1.165) is 31.5 Å².